The van der Waals surface area contributed by atoms with Crippen molar-refractivity contribution in [2.45, 2.75) is 33.1 Å². The second kappa shape index (κ2) is 6.77. The Bertz CT molecular complexity index is 670. The Morgan fingerprint density at radius 3 is 2.22 bits per heavy atom. The van der Waals surface area contributed by atoms with Gasteiger partial charge in [-0.3, -0.25) is 4.79 Å². The van der Waals surface area contributed by atoms with Crippen molar-refractivity contribution in [3.8, 4) is 0 Å². The van der Waals surface area contributed by atoms with E-state index in [1.54, 1.807) is 0 Å². The van der Waals surface area contributed by atoms with E-state index in [9.17, 15) is 4.79 Å². The minimum Gasteiger partial charge on any atom is -0.339 e. The Kier molecular flexibility index (Phi) is 4.55. The summed E-state index contributed by atoms with van der Waals surface area (Å²) in [6, 6.07) is 9.46. The molecule has 2 heterocycles. The molecule has 1 saturated heterocycles. The summed E-state index contributed by atoms with van der Waals surface area (Å²) < 4.78 is 0. The highest BCUT2D eigenvalue weighted by Gasteiger charge is 2.17. The summed E-state index contributed by atoms with van der Waals surface area (Å²) in [4.78, 5) is 23.1. The zero-order valence-corrected chi connectivity index (χ0v) is 13.7. The van der Waals surface area contributed by atoms with Gasteiger partial charge in [-0.15, -0.1) is 0 Å². The van der Waals surface area contributed by atoms with E-state index in [0.29, 0.717) is 5.95 Å². The number of rotatable bonds is 3. The second-order valence-corrected chi connectivity index (χ2v) is 6.03. The van der Waals surface area contributed by atoms with Crippen LogP contribution in [0.5, 0.6) is 0 Å². The first-order valence-electron chi connectivity index (χ1n) is 8.10. The number of carbonyl (C=O) groups excluding carboxylic acids is 1. The minimum atomic E-state index is 0.124. The molecule has 5 heteroatoms. The van der Waals surface area contributed by atoms with Crippen molar-refractivity contribution in [1.29, 1.82) is 0 Å². The zero-order chi connectivity index (χ0) is 16.2. The van der Waals surface area contributed by atoms with Crippen LogP contribution in [-0.4, -0.2) is 33.9 Å². The highest BCUT2D eigenvalue weighted by molar-refractivity contribution is 5.94. The molecule has 1 aliphatic rings. The Morgan fingerprint density at radius 2 is 1.61 bits per heavy atom. The van der Waals surface area contributed by atoms with Gasteiger partial charge in [0.2, 0.25) is 5.95 Å². The molecule has 0 aliphatic carbocycles. The van der Waals surface area contributed by atoms with E-state index in [2.05, 4.69) is 15.3 Å². The van der Waals surface area contributed by atoms with Gasteiger partial charge in [-0.2, -0.15) is 0 Å². The minimum absolute atomic E-state index is 0.124. The fourth-order valence-electron chi connectivity index (χ4n) is 2.89. The fraction of sp³-hybridized carbons (Fsp3) is 0.389. The van der Waals surface area contributed by atoms with Gasteiger partial charge >= 0.3 is 0 Å². The molecule has 120 valence electrons. The lowest BCUT2D eigenvalue weighted by Crippen LogP contribution is -2.35. The van der Waals surface area contributed by atoms with Crippen LogP contribution in [0.3, 0.4) is 0 Å². The van der Waals surface area contributed by atoms with Crippen molar-refractivity contribution in [3.63, 3.8) is 0 Å². The molecular weight excluding hydrogens is 288 g/mol. The molecule has 23 heavy (non-hydrogen) atoms. The number of aromatic nitrogens is 2. The Hall–Kier alpha value is -2.43. The molecule has 0 saturated carbocycles. The van der Waals surface area contributed by atoms with Crippen LogP contribution in [0.2, 0.25) is 0 Å². The Labute approximate surface area is 136 Å². The first-order chi connectivity index (χ1) is 11.1. The van der Waals surface area contributed by atoms with E-state index >= 15 is 0 Å². The molecule has 1 fully saturated rings. The molecular formula is C18H22N4O. The molecule has 1 aliphatic heterocycles. The Balaban J connectivity index is 1.70. The van der Waals surface area contributed by atoms with Gasteiger partial charge < -0.3 is 10.2 Å². The second-order valence-electron chi connectivity index (χ2n) is 6.03. The summed E-state index contributed by atoms with van der Waals surface area (Å²) in [5.74, 6) is 0.705. The van der Waals surface area contributed by atoms with Crippen LogP contribution >= 0.6 is 0 Å². The monoisotopic (exact) mass is 310 g/mol. The van der Waals surface area contributed by atoms with Gasteiger partial charge in [0.25, 0.3) is 5.91 Å². The van der Waals surface area contributed by atoms with Crippen LogP contribution in [0.25, 0.3) is 0 Å². The van der Waals surface area contributed by atoms with Gasteiger partial charge in [-0.1, -0.05) is 0 Å². The number of likely N-dealkylation sites (tertiary alicyclic amines) is 1. The van der Waals surface area contributed by atoms with Crippen LogP contribution in [0.15, 0.2) is 30.3 Å². The highest BCUT2D eigenvalue weighted by Crippen LogP contribution is 2.17. The maximum absolute atomic E-state index is 12.4. The van der Waals surface area contributed by atoms with E-state index in [-0.39, 0.29) is 5.91 Å². The lowest BCUT2D eigenvalue weighted by Gasteiger charge is -2.26. The van der Waals surface area contributed by atoms with Crippen molar-refractivity contribution in [2.75, 3.05) is 18.4 Å². The number of hydrogen-bond acceptors (Lipinski definition) is 4. The van der Waals surface area contributed by atoms with E-state index in [1.165, 1.54) is 6.42 Å². The number of anilines is 2. The van der Waals surface area contributed by atoms with Crippen molar-refractivity contribution < 1.29 is 4.79 Å². The maximum atomic E-state index is 12.4. The van der Waals surface area contributed by atoms with Crippen LogP contribution in [0.1, 0.15) is 41.0 Å². The number of nitrogens with zero attached hydrogens (tertiary/aromatic N) is 3. The average molecular weight is 310 g/mol. The lowest BCUT2D eigenvalue weighted by atomic mass is 10.1. The molecule has 0 atom stereocenters. The predicted octanol–water partition coefficient (Wildman–Crippen LogP) is 3.46. The average Bonchev–Trinajstić information content (AvgIpc) is 2.55. The van der Waals surface area contributed by atoms with Gasteiger partial charge in [0.15, 0.2) is 0 Å². The molecule has 1 aromatic carbocycles. The van der Waals surface area contributed by atoms with Gasteiger partial charge in [-0.25, -0.2) is 9.97 Å². The first-order valence-corrected chi connectivity index (χ1v) is 8.10. The topological polar surface area (TPSA) is 58.1 Å². The third kappa shape index (κ3) is 3.86. The lowest BCUT2D eigenvalue weighted by molar-refractivity contribution is 0.0724. The largest absolute Gasteiger partial charge is 0.339 e. The molecule has 0 bridgehead atoms. The molecule has 0 spiro atoms. The third-order valence-corrected chi connectivity index (χ3v) is 4.01. The SMILES string of the molecule is Cc1cc(C)nc(Nc2ccc(C(=O)N3CCCCC3)cc2)n1. The number of hydrogen-bond donors (Lipinski definition) is 1. The van der Waals surface area contributed by atoms with Crippen LogP contribution < -0.4 is 5.32 Å². The molecule has 1 aromatic heterocycles. The van der Waals surface area contributed by atoms with E-state index in [1.807, 2.05) is 49.1 Å². The number of carbonyl (C=O) groups is 1. The highest BCUT2D eigenvalue weighted by atomic mass is 16.2. The van der Waals surface area contributed by atoms with Gasteiger partial charge in [0.1, 0.15) is 0 Å². The summed E-state index contributed by atoms with van der Waals surface area (Å²) in [5.41, 5.74) is 3.47. The fourth-order valence-corrected chi connectivity index (χ4v) is 2.89. The maximum Gasteiger partial charge on any atom is 0.253 e. The van der Waals surface area contributed by atoms with Crippen molar-refractivity contribution in [3.05, 3.63) is 47.3 Å². The summed E-state index contributed by atoms with van der Waals surface area (Å²) in [7, 11) is 0. The predicted molar refractivity (Wildman–Crippen MR) is 91.0 cm³/mol. The number of aryl methyl sites for hydroxylation is 2. The van der Waals surface area contributed by atoms with Gasteiger partial charge in [0.05, 0.1) is 0 Å². The standard InChI is InChI=1S/C18H22N4O/c1-13-12-14(2)20-18(19-13)21-16-8-6-15(7-9-16)17(23)22-10-4-3-5-11-22/h6-9,12H,3-5,10-11H2,1-2H3,(H,19,20,21). The van der Waals surface area contributed by atoms with Crippen LogP contribution in [0.4, 0.5) is 11.6 Å². The molecule has 1 N–H and O–H groups in total. The van der Waals surface area contributed by atoms with Crippen LogP contribution in [0, 0.1) is 13.8 Å². The van der Waals surface area contributed by atoms with Crippen LogP contribution in [-0.2, 0) is 0 Å². The van der Waals surface area contributed by atoms with E-state index in [0.717, 1.165) is 48.6 Å². The van der Waals surface area contributed by atoms with E-state index < -0.39 is 0 Å². The number of nitrogens with one attached hydrogen (secondary N) is 1. The van der Waals surface area contributed by atoms with E-state index in [4.69, 9.17) is 0 Å². The third-order valence-electron chi connectivity index (χ3n) is 4.01. The number of amides is 1. The summed E-state index contributed by atoms with van der Waals surface area (Å²) >= 11 is 0. The van der Waals surface area contributed by atoms with Crippen molar-refractivity contribution in [2.24, 2.45) is 0 Å². The number of piperidine rings is 1. The smallest absolute Gasteiger partial charge is 0.253 e. The summed E-state index contributed by atoms with van der Waals surface area (Å²) in [6.45, 7) is 5.63. The van der Waals surface area contributed by atoms with Crippen molar-refractivity contribution in [1.82, 2.24) is 14.9 Å². The number of benzene rings is 1. The normalized spacial score (nSPS) is 14.6. The van der Waals surface area contributed by atoms with Gasteiger partial charge in [0, 0.05) is 35.7 Å². The molecule has 5 nitrogen and oxygen atoms in total. The Morgan fingerprint density at radius 1 is 1.00 bits per heavy atom. The van der Waals surface area contributed by atoms with Gasteiger partial charge in [-0.05, 0) is 63.4 Å². The quantitative estimate of drug-likeness (QED) is 0.943. The molecule has 2 aromatic rings. The molecule has 1 amide bonds. The molecule has 0 radical (unpaired) electrons. The van der Waals surface area contributed by atoms with Crippen molar-refractivity contribution >= 4 is 17.5 Å². The summed E-state index contributed by atoms with van der Waals surface area (Å²) in [6.07, 6.45) is 3.44. The molecule has 0 unspecified atom stereocenters. The zero-order valence-electron chi connectivity index (χ0n) is 13.7. The first kappa shape index (κ1) is 15.5. The summed E-state index contributed by atoms with van der Waals surface area (Å²) in [5, 5.41) is 3.18. The molecule has 3 rings (SSSR count).